The Kier molecular flexibility index (Phi) is 7.33. The number of hydrogen-bond donors (Lipinski definition) is 3. The van der Waals surface area contributed by atoms with Crippen LogP contribution in [0, 0.1) is 23.0 Å². The van der Waals surface area contributed by atoms with E-state index in [1.807, 2.05) is 24.3 Å². The molecule has 2 aromatic carbocycles. The lowest BCUT2D eigenvalue weighted by atomic mass is 10.1. The maximum absolute atomic E-state index is 13.7. The fraction of sp³-hybridized carbons (Fsp3) is 0.185. The van der Waals surface area contributed by atoms with Gasteiger partial charge in [0.15, 0.2) is 28.8 Å². The summed E-state index contributed by atoms with van der Waals surface area (Å²) in [6.07, 6.45) is 5.64. The van der Waals surface area contributed by atoms with Gasteiger partial charge < -0.3 is 16.4 Å². The Labute approximate surface area is 226 Å². The molecule has 1 unspecified atom stereocenters. The molecular formula is C27H22F2N8OS. The van der Waals surface area contributed by atoms with Gasteiger partial charge in [-0.25, -0.2) is 28.7 Å². The largest absolute Gasteiger partial charge is 0.383 e. The van der Waals surface area contributed by atoms with Crippen molar-refractivity contribution in [3.05, 3.63) is 89.1 Å². The van der Waals surface area contributed by atoms with Crippen molar-refractivity contribution in [1.29, 1.82) is 5.26 Å². The third-order valence-corrected chi connectivity index (χ3v) is 7.55. The van der Waals surface area contributed by atoms with Gasteiger partial charge in [0.25, 0.3) is 5.91 Å². The number of rotatable bonds is 7. The summed E-state index contributed by atoms with van der Waals surface area (Å²) in [7, 11) is 0. The quantitative estimate of drug-likeness (QED) is 0.304. The van der Waals surface area contributed by atoms with Crippen LogP contribution < -0.4 is 16.4 Å². The summed E-state index contributed by atoms with van der Waals surface area (Å²) < 4.78 is 27.0. The van der Waals surface area contributed by atoms with Crippen LogP contribution in [-0.2, 0) is 0 Å². The van der Waals surface area contributed by atoms with Gasteiger partial charge in [0, 0.05) is 22.1 Å². The predicted octanol–water partition coefficient (Wildman–Crippen LogP) is 4.60. The summed E-state index contributed by atoms with van der Waals surface area (Å²) in [5.74, 6) is -1.95. The van der Waals surface area contributed by atoms with Crippen molar-refractivity contribution in [1.82, 2.24) is 25.3 Å². The zero-order valence-corrected chi connectivity index (χ0v) is 21.5. The van der Waals surface area contributed by atoms with Crippen LogP contribution in [0.1, 0.15) is 46.7 Å². The van der Waals surface area contributed by atoms with Crippen LogP contribution in [0.15, 0.2) is 55.0 Å². The van der Waals surface area contributed by atoms with Crippen LogP contribution in [0.4, 0.5) is 20.4 Å². The van der Waals surface area contributed by atoms with Gasteiger partial charge in [-0.15, -0.1) is 11.8 Å². The Hall–Kier alpha value is -4.63. The Bertz CT molecular complexity index is 1660. The minimum absolute atomic E-state index is 0.0232. The number of benzene rings is 2. The van der Waals surface area contributed by atoms with Gasteiger partial charge >= 0.3 is 0 Å². The first-order chi connectivity index (χ1) is 18.8. The Balaban J connectivity index is 1.27. The first-order valence-corrected chi connectivity index (χ1v) is 12.8. The van der Waals surface area contributed by atoms with Crippen molar-refractivity contribution in [2.75, 3.05) is 17.6 Å². The fourth-order valence-corrected chi connectivity index (χ4v) is 5.30. The molecule has 1 aliphatic heterocycles. The highest BCUT2D eigenvalue weighted by Gasteiger charge is 2.23. The lowest BCUT2D eigenvalue weighted by Gasteiger charge is -2.17. The molecule has 9 nitrogen and oxygen atoms in total. The minimum atomic E-state index is -1.01. The molecule has 1 amide bonds. The molecule has 0 fully saturated rings. The molecule has 196 valence electrons. The van der Waals surface area contributed by atoms with Gasteiger partial charge in [-0.3, -0.25) is 4.79 Å². The number of nitriles is 1. The average Bonchev–Trinajstić information content (AvgIpc) is 3.42. The number of nitrogens with zero attached hydrogens (tertiary/aromatic N) is 5. The molecule has 1 aliphatic rings. The van der Waals surface area contributed by atoms with Crippen LogP contribution in [0.2, 0.25) is 0 Å². The van der Waals surface area contributed by atoms with E-state index in [0.717, 1.165) is 39.9 Å². The number of fused-ring (bicyclic) bond motifs is 1. The smallest absolute Gasteiger partial charge is 0.274 e. The van der Waals surface area contributed by atoms with E-state index >= 15 is 0 Å². The Morgan fingerprint density at radius 3 is 2.85 bits per heavy atom. The van der Waals surface area contributed by atoms with E-state index in [4.69, 9.17) is 5.73 Å². The molecule has 4 aromatic rings. The van der Waals surface area contributed by atoms with Gasteiger partial charge in [0.1, 0.15) is 18.2 Å². The summed E-state index contributed by atoms with van der Waals surface area (Å²) in [4.78, 5) is 30.8. The summed E-state index contributed by atoms with van der Waals surface area (Å²) in [5, 5.41) is 16.1. The number of nitrogen functional groups attached to an aromatic ring is 1. The molecule has 0 aliphatic carbocycles. The summed E-state index contributed by atoms with van der Waals surface area (Å²) in [6.45, 7) is 2.11. The number of nitrogens with one attached hydrogen (secondary N) is 2. The second-order valence-electron chi connectivity index (χ2n) is 8.85. The van der Waals surface area contributed by atoms with E-state index in [1.165, 1.54) is 18.6 Å². The normalized spacial score (nSPS) is 15.4. The van der Waals surface area contributed by atoms with E-state index in [1.54, 1.807) is 18.7 Å². The highest BCUT2D eigenvalue weighted by atomic mass is 32.2. The molecule has 0 saturated heterocycles. The molecular weight excluding hydrogens is 522 g/mol. The van der Waals surface area contributed by atoms with Crippen LogP contribution in [0.3, 0.4) is 0 Å². The van der Waals surface area contributed by atoms with E-state index in [2.05, 4.69) is 36.6 Å². The number of allylic oxidation sites excluding steroid dienone is 1. The Morgan fingerprint density at radius 2 is 2.05 bits per heavy atom. The highest BCUT2D eigenvalue weighted by Crippen LogP contribution is 2.40. The van der Waals surface area contributed by atoms with Crippen molar-refractivity contribution in [2.24, 2.45) is 0 Å². The molecule has 4 N–H and O–H groups in total. The number of carbonyl (C=O) groups excluding carboxylic acids is 1. The van der Waals surface area contributed by atoms with Crippen LogP contribution >= 0.6 is 11.8 Å². The molecule has 0 radical (unpaired) electrons. The molecule has 2 aromatic heterocycles. The first kappa shape index (κ1) is 26.0. The third kappa shape index (κ3) is 5.63. The van der Waals surface area contributed by atoms with Crippen molar-refractivity contribution >= 4 is 45.1 Å². The molecule has 0 bridgehead atoms. The molecule has 3 heterocycles. The standard InChI is InChI=1S/C27H22F2N8OS/c1-14(15-2-5-20(28)21(29)9-15)36-27(38)24-26(32-11-17(10-30)37-24)33-12-18-4-7-23(39-18)16-3-6-22-19(8-16)25(31)35-13-34-22/h2-3,5-9,11,13-14,18H,4,12H2,1H3,(H,32,33)(H,36,38)(H2,31,34,35)/t14-,18?/m0/s1. The van der Waals surface area contributed by atoms with Crippen molar-refractivity contribution < 1.29 is 13.6 Å². The van der Waals surface area contributed by atoms with E-state index in [0.29, 0.717) is 17.9 Å². The lowest BCUT2D eigenvalue weighted by molar-refractivity contribution is 0.0935. The molecule has 2 atom stereocenters. The van der Waals surface area contributed by atoms with Gasteiger partial charge in [0.05, 0.1) is 17.8 Å². The fourth-order valence-electron chi connectivity index (χ4n) is 4.13. The van der Waals surface area contributed by atoms with Gasteiger partial charge in [-0.1, -0.05) is 18.2 Å². The number of nitrogens with two attached hydrogens (primary N) is 1. The van der Waals surface area contributed by atoms with E-state index in [9.17, 15) is 18.8 Å². The molecule has 0 spiro atoms. The van der Waals surface area contributed by atoms with Crippen molar-refractivity contribution in [2.45, 2.75) is 24.6 Å². The maximum atomic E-state index is 13.7. The summed E-state index contributed by atoms with van der Waals surface area (Å²) >= 11 is 1.68. The lowest BCUT2D eigenvalue weighted by Crippen LogP contribution is -2.29. The second-order valence-corrected chi connectivity index (χ2v) is 10.2. The highest BCUT2D eigenvalue weighted by molar-refractivity contribution is 8.09. The number of halogens is 2. The van der Waals surface area contributed by atoms with Crippen LogP contribution in [0.25, 0.3) is 15.8 Å². The van der Waals surface area contributed by atoms with Crippen molar-refractivity contribution in [3.63, 3.8) is 0 Å². The van der Waals surface area contributed by atoms with Crippen LogP contribution in [-0.4, -0.2) is 37.6 Å². The number of aromatic nitrogens is 4. The predicted molar refractivity (Wildman–Crippen MR) is 145 cm³/mol. The minimum Gasteiger partial charge on any atom is -0.383 e. The molecule has 12 heteroatoms. The zero-order chi connectivity index (χ0) is 27.5. The average molecular weight is 545 g/mol. The number of hydrogen-bond acceptors (Lipinski definition) is 9. The van der Waals surface area contributed by atoms with Crippen molar-refractivity contribution in [3.8, 4) is 6.07 Å². The second kappa shape index (κ2) is 11.0. The van der Waals surface area contributed by atoms with E-state index < -0.39 is 23.6 Å². The van der Waals surface area contributed by atoms with E-state index in [-0.39, 0.29) is 22.5 Å². The SMILES string of the molecule is C[C@H](NC(=O)c1nc(C#N)cnc1NCC1CC=C(c2ccc3ncnc(N)c3c2)S1)c1ccc(F)c(F)c1. The first-order valence-electron chi connectivity index (χ1n) is 12.0. The summed E-state index contributed by atoms with van der Waals surface area (Å²) in [6, 6.07) is 10.5. The zero-order valence-electron chi connectivity index (χ0n) is 20.7. The van der Waals surface area contributed by atoms with Gasteiger partial charge in [-0.05, 0) is 48.7 Å². The Morgan fingerprint density at radius 1 is 1.21 bits per heavy atom. The van der Waals surface area contributed by atoms with Gasteiger partial charge in [0.2, 0.25) is 0 Å². The van der Waals surface area contributed by atoms with Gasteiger partial charge in [-0.2, -0.15) is 5.26 Å². The number of amides is 1. The third-order valence-electron chi connectivity index (χ3n) is 6.20. The number of anilines is 2. The molecule has 39 heavy (non-hydrogen) atoms. The monoisotopic (exact) mass is 544 g/mol. The number of thioether (sulfide) groups is 1. The van der Waals surface area contributed by atoms with Crippen LogP contribution in [0.5, 0.6) is 0 Å². The number of carbonyl (C=O) groups is 1. The molecule has 5 rings (SSSR count). The maximum Gasteiger partial charge on any atom is 0.274 e. The topological polar surface area (TPSA) is 142 Å². The summed E-state index contributed by atoms with van der Waals surface area (Å²) in [5.41, 5.74) is 8.09. The molecule has 0 saturated carbocycles.